The lowest BCUT2D eigenvalue weighted by Gasteiger charge is -2.43. The van der Waals surface area contributed by atoms with Crippen molar-refractivity contribution in [2.75, 3.05) is 19.8 Å². The van der Waals surface area contributed by atoms with E-state index in [1.807, 2.05) is 0 Å². The van der Waals surface area contributed by atoms with Gasteiger partial charge >= 0.3 is 0 Å². The molecule has 0 saturated heterocycles. The Morgan fingerprint density at radius 3 is 2.58 bits per heavy atom. The predicted octanol–water partition coefficient (Wildman–Crippen LogP) is 3.85. The van der Waals surface area contributed by atoms with Crippen LogP contribution in [0.2, 0.25) is 0 Å². The van der Waals surface area contributed by atoms with Crippen LogP contribution >= 0.6 is 0 Å². The molecule has 0 aromatic rings. The van der Waals surface area contributed by atoms with Crippen LogP contribution in [0.3, 0.4) is 0 Å². The van der Waals surface area contributed by atoms with Crippen LogP contribution in [0.25, 0.3) is 0 Å². The number of fused-ring (bicyclic) bond motifs is 2. The maximum Gasteiger partial charge on any atom is 0.0489 e. The van der Waals surface area contributed by atoms with Gasteiger partial charge in [-0.3, -0.25) is 0 Å². The molecule has 0 amide bonds. The number of ether oxygens (including phenoxy) is 1. The lowest BCUT2D eigenvalue weighted by atomic mass is 9.68. The third-order valence-corrected chi connectivity index (χ3v) is 5.53. The van der Waals surface area contributed by atoms with Gasteiger partial charge in [0.1, 0.15) is 0 Å². The van der Waals surface area contributed by atoms with Gasteiger partial charge in [0.2, 0.25) is 0 Å². The molecule has 112 valence electrons. The number of nitrogens with one attached hydrogen (secondary N) is 1. The summed E-state index contributed by atoms with van der Waals surface area (Å²) in [6, 6.07) is 0.698. The van der Waals surface area contributed by atoms with E-state index in [4.69, 9.17) is 4.74 Å². The maximum absolute atomic E-state index is 5.66. The zero-order valence-electron chi connectivity index (χ0n) is 13.6. The van der Waals surface area contributed by atoms with Crippen molar-refractivity contribution in [3.8, 4) is 0 Å². The van der Waals surface area contributed by atoms with Crippen LogP contribution in [-0.2, 0) is 4.74 Å². The van der Waals surface area contributed by atoms with E-state index in [-0.39, 0.29) is 0 Å². The normalized spacial score (nSPS) is 36.3. The van der Waals surface area contributed by atoms with Crippen molar-refractivity contribution in [1.82, 2.24) is 5.32 Å². The summed E-state index contributed by atoms with van der Waals surface area (Å²) in [6.07, 6.45) is 5.43. The molecule has 2 bridgehead atoms. The van der Waals surface area contributed by atoms with Gasteiger partial charge in [0.05, 0.1) is 0 Å². The van der Waals surface area contributed by atoms with Gasteiger partial charge in [-0.25, -0.2) is 0 Å². The van der Waals surface area contributed by atoms with Gasteiger partial charge in [0, 0.05) is 19.3 Å². The molecule has 2 saturated carbocycles. The molecule has 0 aromatic carbocycles. The maximum atomic E-state index is 5.66. The summed E-state index contributed by atoms with van der Waals surface area (Å²) in [5, 5.41) is 3.85. The fourth-order valence-electron chi connectivity index (χ4n) is 4.55. The average Bonchev–Trinajstić information content (AvgIpc) is 2.77. The second kappa shape index (κ2) is 5.73. The van der Waals surface area contributed by atoms with E-state index < -0.39 is 0 Å². The highest BCUT2D eigenvalue weighted by molar-refractivity contribution is 5.11. The van der Waals surface area contributed by atoms with Crippen LogP contribution < -0.4 is 5.32 Å². The van der Waals surface area contributed by atoms with Gasteiger partial charge < -0.3 is 10.1 Å². The van der Waals surface area contributed by atoms with E-state index in [0.717, 1.165) is 32.1 Å². The van der Waals surface area contributed by atoms with Crippen LogP contribution in [0.15, 0.2) is 0 Å². The van der Waals surface area contributed by atoms with E-state index in [9.17, 15) is 0 Å². The van der Waals surface area contributed by atoms with Crippen LogP contribution in [0.4, 0.5) is 0 Å². The van der Waals surface area contributed by atoms with Crippen molar-refractivity contribution < 1.29 is 4.74 Å². The summed E-state index contributed by atoms with van der Waals surface area (Å²) in [5.41, 5.74) is 1.03. The second-order valence-corrected chi connectivity index (χ2v) is 8.12. The first-order valence-electron chi connectivity index (χ1n) is 8.17. The third-order valence-electron chi connectivity index (χ3n) is 5.53. The SMILES string of the molecule is CC(C)COCCCNC1C(C)(C)[C@H]2CC[C@]1(C)C2. The second-order valence-electron chi connectivity index (χ2n) is 8.12. The Kier molecular flexibility index (Phi) is 4.62. The highest BCUT2D eigenvalue weighted by Crippen LogP contribution is 2.62. The molecule has 2 heteroatoms. The molecule has 2 nitrogen and oxygen atoms in total. The van der Waals surface area contributed by atoms with Gasteiger partial charge in [0.25, 0.3) is 0 Å². The van der Waals surface area contributed by atoms with Crippen molar-refractivity contribution in [2.24, 2.45) is 22.7 Å². The summed E-state index contributed by atoms with van der Waals surface area (Å²) < 4.78 is 5.66. The lowest BCUT2D eigenvalue weighted by Crippen LogP contribution is -2.50. The molecule has 2 aliphatic rings. The molecule has 19 heavy (non-hydrogen) atoms. The summed E-state index contributed by atoms with van der Waals surface area (Å²) in [4.78, 5) is 0. The molecule has 2 aliphatic carbocycles. The molecule has 0 spiro atoms. The first-order chi connectivity index (χ1) is 8.86. The number of hydrogen-bond donors (Lipinski definition) is 1. The van der Waals surface area contributed by atoms with E-state index >= 15 is 0 Å². The molecular weight excluding hydrogens is 234 g/mol. The molecule has 3 atom stereocenters. The van der Waals surface area contributed by atoms with Gasteiger partial charge in [-0.15, -0.1) is 0 Å². The number of hydrogen-bond acceptors (Lipinski definition) is 2. The lowest BCUT2D eigenvalue weighted by molar-refractivity contribution is 0.0913. The van der Waals surface area contributed by atoms with Gasteiger partial charge in [-0.05, 0) is 54.9 Å². The van der Waals surface area contributed by atoms with Crippen molar-refractivity contribution in [2.45, 2.75) is 66.3 Å². The summed E-state index contributed by atoms with van der Waals surface area (Å²) in [7, 11) is 0. The molecule has 2 fully saturated rings. The van der Waals surface area contributed by atoms with Crippen molar-refractivity contribution in [3.63, 3.8) is 0 Å². The first-order valence-corrected chi connectivity index (χ1v) is 8.17. The van der Waals surface area contributed by atoms with Crippen LogP contribution in [-0.4, -0.2) is 25.8 Å². The fourth-order valence-corrected chi connectivity index (χ4v) is 4.55. The molecule has 2 rings (SSSR count). The quantitative estimate of drug-likeness (QED) is 0.707. The molecule has 0 heterocycles. The highest BCUT2D eigenvalue weighted by Gasteiger charge is 2.58. The van der Waals surface area contributed by atoms with Crippen molar-refractivity contribution >= 4 is 0 Å². The Hall–Kier alpha value is -0.0800. The summed E-state index contributed by atoms with van der Waals surface area (Å²) in [5.74, 6) is 1.59. The Morgan fingerprint density at radius 1 is 1.26 bits per heavy atom. The predicted molar refractivity (Wildman–Crippen MR) is 81.3 cm³/mol. The zero-order valence-corrected chi connectivity index (χ0v) is 13.6. The van der Waals surface area contributed by atoms with E-state index in [2.05, 4.69) is 39.9 Å². The van der Waals surface area contributed by atoms with Crippen molar-refractivity contribution in [1.29, 1.82) is 0 Å². The topological polar surface area (TPSA) is 21.3 Å². The minimum atomic E-state index is 0.478. The number of rotatable bonds is 7. The average molecular weight is 267 g/mol. The molecule has 1 N–H and O–H groups in total. The fraction of sp³-hybridized carbons (Fsp3) is 1.00. The molecule has 0 aliphatic heterocycles. The molecule has 0 radical (unpaired) electrons. The Bertz CT molecular complexity index is 295. The van der Waals surface area contributed by atoms with E-state index in [1.54, 1.807) is 0 Å². The Morgan fingerprint density at radius 2 is 2.00 bits per heavy atom. The summed E-state index contributed by atoms with van der Waals surface area (Å²) in [6.45, 7) is 14.7. The molecule has 1 unspecified atom stereocenters. The third kappa shape index (κ3) is 3.16. The summed E-state index contributed by atoms with van der Waals surface area (Å²) >= 11 is 0. The monoisotopic (exact) mass is 267 g/mol. The smallest absolute Gasteiger partial charge is 0.0489 e. The first kappa shape index (κ1) is 15.3. The van der Waals surface area contributed by atoms with Crippen LogP contribution in [0, 0.1) is 22.7 Å². The Labute approximate surface area is 119 Å². The molecular formula is C17H33NO. The van der Waals surface area contributed by atoms with Gasteiger partial charge in [-0.1, -0.05) is 34.6 Å². The minimum Gasteiger partial charge on any atom is -0.381 e. The largest absolute Gasteiger partial charge is 0.381 e. The Balaban J connectivity index is 1.71. The van der Waals surface area contributed by atoms with Crippen LogP contribution in [0.1, 0.15) is 60.3 Å². The van der Waals surface area contributed by atoms with Gasteiger partial charge in [0.15, 0.2) is 0 Å². The highest BCUT2D eigenvalue weighted by atomic mass is 16.5. The minimum absolute atomic E-state index is 0.478. The van der Waals surface area contributed by atoms with E-state index in [1.165, 1.54) is 19.3 Å². The van der Waals surface area contributed by atoms with Crippen molar-refractivity contribution in [3.05, 3.63) is 0 Å². The van der Waals surface area contributed by atoms with Gasteiger partial charge in [-0.2, -0.15) is 0 Å². The standard InChI is InChI=1S/C17H33NO/c1-13(2)12-19-10-6-9-18-15-16(3,4)14-7-8-17(15,5)11-14/h13-15,18H,6-12H2,1-5H3/t14-,15?,17+/m0/s1. The van der Waals surface area contributed by atoms with Crippen LogP contribution in [0.5, 0.6) is 0 Å². The van der Waals surface area contributed by atoms with E-state index in [0.29, 0.717) is 22.8 Å². The zero-order chi connectivity index (χ0) is 14.1. The molecule has 0 aromatic heterocycles.